The van der Waals surface area contributed by atoms with Crippen molar-refractivity contribution in [2.75, 3.05) is 0 Å². The molecule has 2 aliphatic rings. The van der Waals surface area contributed by atoms with E-state index in [-0.39, 0.29) is 170 Å². The molecule has 3 aromatic heterocycles. The van der Waals surface area contributed by atoms with Crippen molar-refractivity contribution in [3.8, 4) is 33.4 Å². The molecule has 2 N–H and O–H groups in total. The molecule has 0 saturated carbocycles. The quantitative estimate of drug-likeness (QED) is 0.185. The van der Waals surface area contributed by atoms with Crippen LogP contribution < -0.4 is 0 Å². The van der Waals surface area contributed by atoms with Crippen LogP contribution in [0.25, 0.3) is 76.1 Å². The third-order valence-corrected chi connectivity index (χ3v) is 15.9. The van der Waals surface area contributed by atoms with Gasteiger partial charge in [0.05, 0.1) is 88.1 Å². The number of rotatable bonds is 4. The van der Waals surface area contributed by atoms with Gasteiger partial charge in [-0.3, -0.25) is 0 Å². The van der Waals surface area contributed by atoms with E-state index < -0.39 is 0 Å². The Morgan fingerprint density at radius 3 is 0.969 bits per heavy atom. The minimum absolute atomic E-state index is 0.0162. The van der Waals surface area contributed by atoms with E-state index in [4.69, 9.17) is 196 Å². The molecule has 322 valence electrons. The third kappa shape index (κ3) is 7.61. The Labute approximate surface area is 443 Å². The highest BCUT2D eigenvalue weighted by molar-refractivity contribution is 6.67. The smallest absolute Gasteiger partial charge is 0.105 e. The fourth-order valence-corrected chi connectivity index (χ4v) is 12.1. The molecule has 4 aromatic carbocycles. The molecule has 0 radical (unpaired) electrons. The highest BCUT2D eigenvalue weighted by Gasteiger charge is 2.35. The standard InChI is InChI=1S/C44H14Cl16N4/c45-13-5-1-6-14(46)21(13)25-26(22-15(47)7-2-8-16(22)48)39-34(58)41-30(54)31(55)43(63-41)36(60)44-33(57)32(56)42(64-44)35(59)40-29(53)27(23-17(49)9-3-10-18(23)50)38(62-40)28(37(25)61-39)24-19(51)11-4-12-20(24)52/h1-12,61,64H. The van der Waals surface area contributed by atoms with E-state index in [9.17, 15) is 0 Å². The SMILES string of the molecule is ClC1=C(Cl)c2nc1c(Cl)c1[nH]c(c(Cl)c3nc(c(-c4c(Cl)cccc4Cl)c4[nH]c(c2Cl)c(-c2c(Cl)cccc2Cl)c4-c2c(Cl)cccc2Cl)C(c2c(Cl)cccc2Cl)=C3Cl)c(Cl)c1Cl. The van der Waals surface area contributed by atoms with Gasteiger partial charge in [0.15, 0.2) is 0 Å². The van der Waals surface area contributed by atoms with E-state index in [1.54, 1.807) is 72.8 Å². The van der Waals surface area contributed by atoms with Gasteiger partial charge in [0.25, 0.3) is 0 Å². The summed E-state index contributed by atoms with van der Waals surface area (Å²) in [5.41, 5.74) is 2.48. The molecule has 5 heterocycles. The number of hydrogen-bond acceptors (Lipinski definition) is 2. The summed E-state index contributed by atoms with van der Waals surface area (Å²) in [4.78, 5) is 16.6. The van der Waals surface area contributed by atoms with Crippen LogP contribution in [-0.2, 0) is 0 Å². The van der Waals surface area contributed by atoms with Gasteiger partial charge in [0.1, 0.15) is 17.1 Å². The van der Waals surface area contributed by atoms with Crippen molar-refractivity contribution in [2.24, 2.45) is 0 Å². The van der Waals surface area contributed by atoms with Crippen LogP contribution in [0.3, 0.4) is 0 Å². The zero-order valence-electron chi connectivity index (χ0n) is 30.9. The van der Waals surface area contributed by atoms with Crippen molar-refractivity contribution in [1.82, 2.24) is 19.9 Å². The molecule has 0 amide bonds. The Bertz CT molecular complexity index is 3400. The fourth-order valence-electron chi connectivity index (χ4n) is 7.47. The van der Waals surface area contributed by atoms with Crippen molar-refractivity contribution in [3.63, 3.8) is 0 Å². The molecule has 0 fully saturated rings. The number of aromatic amines is 2. The summed E-state index contributed by atoms with van der Waals surface area (Å²) < 4.78 is 0. The maximum atomic E-state index is 7.57. The van der Waals surface area contributed by atoms with Crippen LogP contribution in [0.1, 0.15) is 28.3 Å². The summed E-state index contributed by atoms with van der Waals surface area (Å²) in [5.74, 6) is 0. The minimum Gasteiger partial charge on any atom is -0.353 e. The Morgan fingerprint density at radius 2 is 0.562 bits per heavy atom. The first-order valence-electron chi connectivity index (χ1n) is 17.9. The molecule has 64 heavy (non-hydrogen) atoms. The van der Waals surface area contributed by atoms with E-state index in [1.165, 1.54) is 0 Å². The second-order valence-corrected chi connectivity index (χ2v) is 20.0. The molecule has 7 aromatic rings. The molecule has 0 spiro atoms. The number of hydrogen-bond donors (Lipinski definition) is 2. The summed E-state index contributed by atoms with van der Waals surface area (Å²) in [6.45, 7) is 0. The molecular formula is C44H14Cl16N4. The van der Waals surface area contributed by atoms with Crippen molar-refractivity contribution >= 4 is 228 Å². The number of aromatic nitrogens is 4. The van der Waals surface area contributed by atoms with Crippen LogP contribution in [-0.4, -0.2) is 19.9 Å². The zero-order chi connectivity index (χ0) is 45.8. The summed E-state index contributed by atoms with van der Waals surface area (Å²) in [6.07, 6.45) is 0. The molecule has 8 bridgehead atoms. The largest absolute Gasteiger partial charge is 0.353 e. The van der Waals surface area contributed by atoms with E-state index in [0.29, 0.717) is 0 Å². The van der Waals surface area contributed by atoms with Gasteiger partial charge in [-0.05, 0) is 48.5 Å². The molecular weight excluding hydrogens is 1150 g/mol. The Balaban J connectivity index is 1.73. The Kier molecular flexibility index (Phi) is 13.4. The van der Waals surface area contributed by atoms with Gasteiger partial charge >= 0.3 is 0 Å². The molecule has 2 aliphatic heterocycles. The van der Waals surface area contributed by atoms with E-state index in [2.05, 4.69) is 9.97 Å². The van der Waals surface area contributed by atoms with Crippen LogP contribution >= 0.6 is 186 Å². The van der Waals surface area contributed by atoms with E-state index in [0.717, 1.165) is 0 Å². The highest BCUT2D eigenvalue weighted by Crippen LogP contribution is 2.57. The summed E-state index contributed by atoms with van der Waals surface area (Å²) in [6, 6.07) is 19.8. The minimum atomic E-state index is -0.110. The van der Waals surface area contributed by atoms with Crippen LogP contribution in [0.2, 0.25) is 65.3 Å². The summed E-state index contributed by atoms with van der Waals surface area (Å²) in [5, 5.41) is 0.885. The van der Waals surface area contributed by atoms with Gasteiger partial charge in [-0.1, -0.05) is 210 Å². The van der Waals surface area contributed by atoms with Crippen LogP contribution in [0.4, 0.5) is 0 Å². The molecule has 0 unspecified atom stereocenters. The predicted octanol–water partition coefficient (Wildman–Crippen LogP) is 21.3. The first kappa shape index (κ1) is 47.2. The van der Waals surface area contributed by atoms with Gasteiger partial charge in [0.2, 0.25) is 0 Å². The number of H-pyrrole nitrogens is 2. The molecule has 0 atom stereocenters. The van der Waals surface area contributed by atoms with E-state index in [1.807, 2.05) is 0 Å². The molecule has 20 heteroatoms. The fraction of sp³-hybridized carbons (Fsp3) is 0. The second-order valence-electron chi connectivity index (χ2n) is 13.8. The molecule has 0 aliphatic carbocycles. The monoisotopic (exact) mass is 1160 g/mol. The average Bonchev–Trinajstić information content (AvgIpc) is 3.96. The molecule has 0 saturated heterocycles. The first-order valence-corrected chi connectivity index (χ1v) is 23.9. The lowest BCUT2D eigenvalue weighted by Gasteiger charge is -2.17. The third-order valence-electron chi connectivity index (χ3n) is 10.2. The maximum absolute atomic E-state index is 7.57. The number of nitrogens with zero attached hydrogens (tertiary/aromatic N) is 2. The van der Waals surface area contributed by atoms with Gasteiger partial charge in [-0.15, -0.1) is 0 Å². The van der Waals surface area contributed by atoms with Crippen LogP contribution in [0.5, 0.6) is 0 Å². The van der Waals surface area contributed by atoms with Crippen molar-refractivity contribution in [3.05, 3.63) is 166 Å². The number of nitrogens with one attached hydrogen (secondary N) is 2. The van der Waals surface area contributed by atoms with Gasteiger partial charge in [-0.2, -0.15) is 0 Å². The Hall–Kier alpha value is -1.88. The second kappa shape index (κ2) is 18.2. The predicted molar refractivity (Wildman–Crippen MR) is 279 cm³/mol. The van der Waals surface area contributed by atoms with Gasteiger partial charge < -0.3 is 9.97 Å². The average molecular weight is 1170 g/mol. The first-order chi connectivity index (χ1) is 30.4. The lowest BCUT2D eigenvalue weighted by molar-refractivity contribution is 1.30. The summed E-state index contributed by atoms with van der Waals surface area (Å²) in [7, 11) is 0. The molecule has 9 rings (SSSR count). The van der Waals surface area contributed by atoms with E-state index >= 15 is 0 Å². The summed E-state index contributed by atoms with van der Waals surface area (Å²) >= 11 is 114. The number of benzene rings is 4. The Morgan fingerprint density at radius 1 is 0.266 bits per heavy atom. The van der Waals surface area contributed by atoms with Crippen molar-refractivity contribution in [1.29, 1.82) is 0 Å². The maximum Gasteiger partial charge on any atom is 0.105 e. The zero-order valence-corrected chi connectivity index (χ0v) is 43.0. The number of halogens is 16. The van der Waals surface area contributed by atoms with Crippen molar-refractivity contribution < 1.29 is 0 Å². The normalized spacial score (nSPS) is 12.9. The van der Waals surface area contributed by atoms with Gasteiger partial charge in [0, 0.05) is 64.6 Å². The van der Waals surface area contributed by atoms with Gasteiger partial charge in [-0.25, -0.2) is 9.97 Å². The highest BCUT2D eigenvalue weighted by atomic mass is 35.5. The van der Waals surface area contributed by atoms with Crippen LogP contribution in [0, 0.1) is 0 Å². The lowest BCUT2D eigenvalue weighted by atomic mass is 9.90. The van der Waals surface area contributed by atoms with Crippen molar-refractivity contribution in [2.45, 2.75) is 0 Å². The molecule has 4 nitrogen and oxygen atoms in total. The van der Waals surface area contributed by atoms with Crippen LogP contribution in [0.15, 0.2) is 72.8 Å². The topological polar surface area (TPSA) is 57.4 Å². The number of fused-ring (bicyclic) bond motifs is 8. The lowest BCUT2D eigenvalue weighted by Crippen LogP contribution is -1.96.